The van der Waals surface area contributed by atoms with Crippen LogP contribution in [-0.4, -0.2) is 47.7 Å². The summed E-state index contributed by atoms with van der Waals surface area (Å²) in [6.07, 6.45) is 0. The van der Waals surface area contributed by atoms with E-state index in [4.69, 9.17) is 16.3 Å². The van der Waals surface area contributed by atoms with Crippen LogP contribution in [0.15, 0.2) is 18.2 Å². The largest absolute Gasteiger partial charge is 0.496 e. The molecule has 1 N–H and O–H groups in total. The molecule has 4 nitrogen and oxygen atoms in total. The molecule has 1 aromatic carbocycles. The maximum atomic E-state index is 11.6. The average molecular weight is 302 g/mol. The van der Waals surface area contributed by atoms with Crippen LogP contribution in [0.3, 0.4) is 0 Å². The van der Waals surface area contributed by atoms with Crippen molar-refractivity contribution in [1.82, 2.24) is 4.90 Å². The third-order valence-electron chi connectivity index (χ3n) is 3.13. The second-order valence-corrected chi connectivity index (χ2v) is 5.94. The minimum Gasteiger partial charge on any atom is -0.496 e. The molecule has 0 unspecified atom stereocenters. The number of rotatable bonds is 4. The van der Waals surface area contributed by atoms with Crippen LogP contribution in [0.5, 0.6) is 5.75 Å². The van der Waals surface area contributed by atoms with Crippen molar-refractivity contribution in [2.45, 2.75) is 6.04 Å². The van der Waals surface area contributed by atoms with E-state index in [0.717, 1.165) is 24.6 Å². The van der Waals surface area contributed by atoms with Crippen molar-refractivity contribution in [3.8, 4) is 5.75 Å². The second-order valence-electron chi connectivity index (χ2n) is 4.28. The number of nitrogens with zero attached hydrogens (tertiary/aromatic N) is 1. The zero-order valence-corrected chi connectivity index (χ0v) is 12.2. The Morgan fingerprint density at radius 3 is 2.74 bits per heavy atom. The first-order valence-electron chi connectivity index (χ1n) is 6.01. The summed E-state index contributed by atoms with van der Waals surface area (Å²) in [4.78, 5) is 13.6. The number of carboxylic acids is 1. The first-order valence-corrected chi connectivity index (χ1v) is 7.55. The predicted molar refractivity (Wildman–Crippen MR) is 77.3 cm³/mol. The first kappa shape index (κ1) is 14.5. The lowest BCUT2D eigenvalue weighted by Crippen LogP contribution is -2.40. The van der Waals surface area contributed by atoms with Crippen LogP contribution in [0.25, 0.3) is 0 Å². The summed E-state index contributed by atoms with van der Waals surface area (Å²) < 4.78 is 5.27. The van der Waals surface area contributed by atoms with Crippen molar-refractivity contribution in [1.29, 1.82) is 0 Å². The van der Waals surface area contributed by atoms with Crippen LogP contribution >= 0.6 is 23.4 Å². The van der Waals surface area contributed by atoms with E-state index in [9.17, 15) is 9.90 Å². The van der Waals surface area contributed by atoms with Gasteiger partial charge in [0.1, 0.15) is 11.8 Å². The Kier molecular flexibility index (Phi) is 4.96. The fourth-order valence-electron chi connectivity index (χ4n) is 2.24. The Bertz CT molecular complexity index is 463. The van der Waals surface area contributed by atoms with E-state index in [-0.39, 0.29) is 0 Å². The van der Waals surface area contributed by atoms with Gasteiger partial charge in [-0.1, -0.05) is 11.6 Å². The maximum absolute atomic E-state index is 11.6. The molecule has 0 spiro atoms. The normalized spacial score (nSPS) is 18.0. The van der Waals surface area contributed by atoms with Crippen molar-refractivity contribution in [2.24, 2.45) is 0 Å². The maximum Gasteiger partial charge on any atom is 0.325 e. The Labute approximate surface area is 121 Å². The molecule has 6 heteroatoms. The molecule has 0 amide bonds. The smallest absolute Gasteiger partial charge is 0.325 e. The Morgan fingerprint density at radius 2 is 2.16 bits per heavy atom. The second kappa shape index (κ2) is 6.50. The van der Waals surface area contributed by atoms with E-state index < -0.39 is 12.0 Å². The molecule has 0 aliphatic carbocycles. The van der Waals surface area contributed by atoms with E-state index in [1.165, 1.54) is 7.11 Å². The number of ether oxygens (including phenoxy) is 1. The van der Waals surface area contributed by atoms with Gasteiger partial charge in [0.05, 0.1) is 7.11 Å². The van der Waals surface area contributed by atoms with Gasteiger partial charge in [0, 0.05) is 35.2 Å². The van der Waals surface area contributed by atoms with Gasteiger partial charge in [-0.05, 0) is 18.2 Å². The SMILES string of the molecule is COc1ccc(Cl)cc1[C@@H](C(=O)O)N1CCSCC1. The summed E-state index contributed by atoms with van der Waals surface area (Å²) in [6.45, 7) is 1.52. The van der Waals surface area contributed by atoms with Gasteiger partial charge in [0.2, 0.25) is 0 Å². The third-order valence-corrected chi connectivity index (χ3v) is 4.31. The predicted octanol–water partition coefficient (Wildman–Crippen LogP) is 2.52. The molecule has 1 aliphatic heterocycles. The molecule has 0 bridgehead atoms. The highest BCUT2D eigenvalue weighted by molar-refractivity contribution is 7.99. The molecule has 0 radical (unpaired) electrons. The summed E-state index contributed by atoms with van der Waals surface area (Å²) in [6, 6.07) is 4.40. The van der Waals surface area contributed by atoms with Gasteiger partial charge in [-0.15, -0.1) is 0 Å². The summed E-state index contributed by atoms with van der Waals surface area (Å²) >= 11 is 7.83. The van der Waals surface area contributed by atoms with Crippen molar-refractivity contribution < 1.29 is 14.6 Å². The first-order chi connectivity index (χ1) is 9.13. The third kappa shape index (κ3) is 3.35. The summed E-state index contributed by atoms with van der Waals surface area (Å²) in [5.41, 5.74) is 0.620. The van der Waals surface area contributed by atoms with E-state index >= 15 is 0 Å². The number of halogens is 1. The van der Waals surface area contributed by atoms with Gasteiger partial charge in [-0.2, -0.15) is 11.8 Å². The van der Waals surface area contributed by atoms with E-state index in [1.54, 1.807) is 18.2 Å². The molecule has 0 saturated carbocycles. The number of hydrogen-bond acceptors (Lipinski definition) is 4. The topological polar surface area (TPSA) is 49.8 Å². The van der Waals surface area contributed by atoms with Crippen LogP contribution in [-0.2, 0) is 4.79 Å². The number of methoxy groups -OCH3 is 1. The van der Waals surface area contributed by atoms with Crippen molar-refractivity contribution >= 4 is 29.3 Å². The number of carbonyl (C=O) groups is 1. The van der Waals surface area contributed by atoms with Gasteiger partial charge in [-0.3, -0.25) is 9.69 Å². The van der Waals surface area contributed by atoms with E-state index in [0.29, 0.717) is 16.3 Å². The van der Waals surface area contributed by atoms with Crippen molar-refractivity contribution in [3.63, 3.8) is 0 Å². The number of benzene rings is 1. The minimum absolute atomic E-state index is 0.522. The molecule has 2 rings (SSSR count). The summed E-state index contributed by atoms with van der Waals surface area (Å²) in [7, 11) is 1.54. The molecule has 1 aliphatic rings. The lowest BCUT2D eigenvalue weighted by atomic mass is 10.0. The number of aliphatic carboxylic acids is 1. The lowest BCUT2D eigenvalue weighted by Gasteiger charge is -2.32. The van der Waals surface area contributed by atoms with Gasteiger partial charge in [-0.25, -0.2) is 0 Å². The Balaban J connectivity index is 2.37. The van der Waals surface area contributed by atoms with Crippen molar-refractivity contribution in [2.75, 3.05) is 31.7 Å². The standard InChI is InChI=1S/C13H16ClNO3S/c1-18-11-3-2-9(14)8-10(11)12(13(16)17)15-4-6-19-7-5-15/h2-3,8,12H,4-7H2,1H3,(H,16,17)/t12-/m0/s1. The molecular formula is C13H16ClNO3S. The number of hydrogen-bond donors (Lipinski definition) is 1. The van der Waals surface area contributed by atoms with E-state index in [1.807, 2.05) is 16.7 Å². The molecular weight excluding hydrogens is 286 g/mol. The minimum atomic E-state index is -0.868. The highest BCUT2D eigenvalue weighted by Gasteiger charge is 2.31. The molecule has 1 atom stereocenters. The van der Waals surface area contributed by atoms with Gasteiger partial charge >= 0.3 is 5.97 Å². The van der Waals surface area contributed by atoms with Crippen LogP contribution < -0.4 is 4.74 Å². The highest BCUT2D eigenvalue weighted by Crippen LogP contribution is 2.33. The van der Waals surface area contributed by atoms with Gasteiger partial charge < -0.3 is 9.84 Å². The molecule has 1 aromatic rings. The average Bonchev–Trinajstić information content (AvgIpc) is 2.40. The van der Waals surface area contributed by atoms with Crippen LogP contribution in [0.4, 0.5) is 0 Å². The molecule has 1 fully saturated rings. The molecule has 0 aromatic heterocycles. The summed E-state index contributed by atoms with van der Waals surface area (Å²) in [5, 5.41) is 10.1. The highest BCUT2D eigenvalue weighted by atomic mass is 35.5. The van der Waals surface area contributed by atoms with Gasteiger partial charge in [0.25, 0.3) is 0 Å². The number of carboxylic acid groups (broad SMARTS) is 1. The zero-order chi connectivity index (χ0) is 13.8. The quantitative estimate of drug-likeness (QED) is 0.926. The number of thioether (sulfide) groups is 1. The molecule has 1 heterocycles. The summed E-state index contributed by atoms with van der Waals surface area (Å²) in [5.74, 6) is 1.60. The van der Waals surface area contributed by atoms with Crippen LogP contribution in [0, 0.1) is 0 Å². The Morgan fingerprint density at radius 1 is 1.47 bits per heavy atom. The fourth-order valence-corrected chi connectivity index (χ4v) is 3.35. The Hall–Kier alpha value is -0.910. The van der Waals surface area contributed by atoms with Crippen molar-refractivity contribution in [3.05, 3.63) is 28.8 Å². The monoisotopic (exact) mass is 301 g/mol. The zero-order valence-electron chi connectivity index (χ0n) is 10.6. The van der Waals surface area contributed by atoms with Crippen LogP contribution in [0.2, 0.25) is 5.02 Å². The van der Waals surface area contributed by atoms with E-state index in [2.05, 4.69) is 0 Å². The van der Waals surface area contributed by atoms with Crippen LogP contribution in [0.1, 0.15) is 11.6 Å². The molecule has 19 heavy (non-hydrogen) atoms. The molecule has 1 saturated heterocycles. The fraction of sp³-hybridized carbons (Fsp3) is 0.462. The lowest BCUT2D eigenvalue weighted by molar-refractivity contribution is -0.143. The van der Waals surface area contributed by atoms with Gasteiger partial charge in [0.15, 0.2) is 0 Å². The molecule has 104 valence electrons.